The first-order valence-electron chi connectivity index (χ1n) is 5.71. The predicted octanol–water partition coefficient (Wildman–Crippen LogP) is -1.54. The second-order valence-electron chi connectivity index (χ2n) is 5.31. The lowest BCUT2D eigenvalue weighted by atomic mass is 9.80. The Morgan fingerprint density at radius 2 is 1.20 bits per heavy atom. The van der Waals surface area contributed by atoms with Gasteiger partial charge in [0.1, 0.15) is 10.5 Å². The topological polar surface area (TPSA) is 152 Å². The SMILES string of the molecule is O=C1OC(=O)C2C3CC(C12)C(S(=O)(=O)O)C3S(=O)(=O)O. The van der Waals surface area contributed by atoms with E-state index in [1.165, 1.54) is 0 Å². The number of cyclic esters (lactones) is 2. The van der Waals surface area contributed by atoms with Crippen LogP contribution < -0.4 is 0 Å². The largest absolute Gasteiger partial charge is 0.393 e. The Bertz CT molecular complexity index is 646. The highest BCUT2D eigenvalue weighted by molar-refractivity contribution is 7.90. The van der Waals surface area contributed by atoms with E-state index < -0.39 is 66.3 Å². The summed E-state index contributed by atoms with van der Waals surface area (Å²) in [4.78, 5) is 23.1. The minimum atomic E-state index is -4.80. The molecule has 0 aromatic carbocycles. The van der Waals surface area contributed by atoms with E-state index in [2.05, 4.69) is 4.74 Å². The van der Waals surface area contributed by atoms with Gasteiger partial charge >= 0.3 is 11.9 Å². The molecule has 0 aromatic heterocycles. The molecule has 6 atom stereocenters. The highest BCUT2D eigenvalue weighted by Crippen LogP contribution is 2.58. The average molecular weight is 326 g/mol. The third-order valence-corrected chi connectivity index (χ3v) is 7.29. The van der Waals surface area contributed by atoms with E-state index in [1.54, 1.807) is 0 Å². The van der Waals surface area contributed by atoms with Crippen LogP contribution in [0.15, 0.2) is 0 Å². The standard InChI is InChI=1S/C9H10O9S2/c10-8-4-2-1-3(5(4)9(11)18-8)7(20(15,16)17)6(2)19(12,13)14/h2-7H,1H2,(H,12,13,14)(H,15,16,17). The van der Waals surface area contributed by atoms with E-state index in [0.29, 0.717) is 0 Å². The Balaban J connectivity index is 2.15. The van der Waals surface area contributed by atoms with Crippen LogP contribution in [0.2, 0.25) is 0 Å². The van der Waals surface area contributed by atoms with Gasteiger partial charge in [0.2, 0.25) is 0 Å². The fourth-order valence-corrected chi connectivity index (χ4v) is 7.33. The number of hydrogen-bond acceptors (Lipinski definition) is 7. The summed E-state index contributed by atoms with van der Waals surface area (Å²) in [6, 6.07) is 0. The van der Waals surface area contributed by atoms with Crippen LogP contribution in [0.3, 0.4) is 0 Å². The van der Waals surface area contributed by atoms with Gasteiger partial charge < -0.3 is 4.74 Å². The molecule has 11 heteroatoms. The van der Waals surface area contributed by atoms with Gasteiger partial charge in [0, 0.05) is 0 Å². The molecule has 2 N–H and O–H groups in total. The van der Waals surface area contributed by atoms with E-state index in [9.17, 15) is 35.5 Å². The number of ether oxygens (including phenoxy) is 1. The van der Waals surface area contributed by atoms with Crippen molar-refractivity contribution in [2.24, 2.45) is 23.7 Å². The zero-order valence-corrected chi connectivity index (χ0v) is 11.4. The first kappa shape index (κ1) is 13.9. The summed E-state index contributed by atoms with van der Waals surface area (Å²) in [5.41, 5.74) is 0. The normalized spacial score (nSPS) is 43.7. The summed E-state index contributed by atoms with van der Waals surface area (Å²) >= 11 is 0. The van der Waals surface area contributed by atoms with Gasteiger partial charge in [-0.05, 0) is 18.3 Å². The van der Waals surface area contributed by atoms with Gasteiger partial charge in [-0.2, -0.15) is 16.8 Å². The minimum Gasteiger partial charge on any atom is -0.393 e. The number of rotatable bonds is 2. The first-order chi connectivity index (χ1) is 9.03. The van der Waals surface area contributed by atoms with Gasteiger partial charge in [-0.1, -0.05) is 0 Å². The number of hydrogen-bond donors (Lipinski definition) is 2. The number of carbonyl (C=O) groups excluding carboxylic acids is 2. The van der Waals surface area contributed by atoms with E-state index in [-0.39, 0.29) is 6.42 Å². The lowest BCUT2D eigenvalue weighted by Crippen LogP contribution is -2.50. The van der Waals surface area contributed by atoms with Crippen LogP contribution in [0, 0.1) is 23.7 Å². The summed E-state index contributed by atoms with van der Waals surface area (Å²) in [5.74, 6) is -6.06. The molecular formula is C9H10O9S2. The van der Waals surface area contributed by atoms with E-state index in [0.717, 1.165) is 0 Å². The molecule has 9 nitrogen and oxygen atoms in total. The van der Waals surface area contributed by atoms with Crippen molar-refractivity contribution in [1.29, 1.82) is 0 Å². The minimum absolute atomic E-state index is 0.0505. The van der Waals surface area contributed by atoms with Gasteiger partial charge in [-0.3, -0.25) is 18.7 Å². The molecular weight excluding hydrogens is 316 g/mol. The zero-order chi connectivity index (χ0) is 15.0. The molecule has 1 saturated heterocycles. The Kier molecular flexibility index (Phi) is 2.63. The molecule has 2 aliphatic carbocycles. The van der Waals surface area contributed by atoms with Crippen molar-refractivity contribution in [2.75, 3.05) is 0 Å². The van der Waals surface area contributed by atoms with Crippen molar-refractivity contribution in [2.45, 2.75) is 16.9 Å². The van der Waals surface area contributed by atoms with Crippen LogP contribution in [0.4, 0.5) is 0 Å². The van der Waals surface area contributed by atoms with Gasteiger partial charge in [-0.15, -0.1) is 0 Å². The van der Waals surface area contributed by atoms with Crippen molar-refractivity contribution in [3.05, 3.63) is 0 Å². The summed E-state index contributed by atoms with van der Waals surface area (Å²) in [6.07, 6.45) is -0.0505. The van der Waals surface area contributed by atoms with Crippen LogP contribution in [0.1, 0.15) is 6.42 Å². The molecule has 3 aliphatic rings. The van der Waals surface area contributed by atoms with Crippen LogP contribution in [0.25, 0.3) is 0 Å². The highest BCUT2D eigenvalue weighted by Gasteiger charge is 2.71. The summed E-state index contributed by atoms with van der Waals surface area (Å²) < 4.78 is 68.4. The lowest BCUT2D eigenvalue weighted by Gasteiger charge is -2.31. The smallest absolute Gasteiger partial charge is 0.317 e. The maximum Gasteiger partial charge on any atom is 0.317 e. The molecule has 20 heavy (non-hydrogen) atoms. The lowest BCUT2D eigenvalue weighted by molar-refractivity contribution is -0.154. The van der Waals surface area contributed by atoms with Crippen LogP contribution in [-0.4, -0.2) is 48.4 Å². The summed E-state index contributed by atoms with van der Waals surface area (Å²) in [5, 5.41) is -3.63. The fraction of sp³-hybridized carbons (Fsp3) is 0.778. The Hall–Kier alpha value is -1.04. The number of esters is 2. The average Bonchev–Trinajstić information content (AvgIpc) is 2.86. The van der Waals surface area contributed by atoms with Crippen molar-refractivity contribution in [1.82, 2.24) is 0 Å². The molecule has 112 valence electrons. The highest BCUT2D eigenvalue weighted by atomic mass is 32.2. The monoisotopic (exact) mass is 326 g/mol. The van der Waals surface area contributed by atoms with Crippen molar-refractivity contribution in [3.8, 4) is 0 Å². The molecule has 1 aliphatic heterocycles. The molecule has 0 radical (unpaired) electrons. The van der Waals surface area contributed by atoms with Crippen LogP contribution >= 0.6 is 0 Å². The molecule has 3 rings (SSSR count). The van der Waals surface area contributed by atoms with E-state index in [4.69, 9.17) is 0 Å². The van der Waals surface area contributed by atoms with Gasteiger partial charge in [0.05, 0.1) is 11.8 Å². The summed E-state index contributed by atoms with van der Waals surface area (Å²) in [7, 11) is -9.61. The molecule has 0 spiro atoms. The van der Waals surface area contributed by atoms with E-state index in [1.807, 2.05) is 0 Å². The molecule has 2 bridgehead atoms. The summed E-state index contributed by atoms with van der Waals surface area (Å²) in [6.45, 7) is 0. The van der Waals surface area contributed by atoms with Crippen molar-refractivity contribution >= 4 is 32.2 Å². The fourth-order valence-electron chi connectivity index (χ4n) is 3.96. The van der Waals surface area contributed by atoms with Gasteiger partial charge in [0.15, 0.2) is 0 Å². The predicted molar refractivity (Wildman–Crippen MR) is 60.3 cm³/mol. The zero-order valence-electron chi connectivity index (χ0n) is 9.74. The number of carbonyl (C=O) groups is 2. The maximum absolute atomic E-state index is 11.6. The second kappa shape index (κ2) is 3.78. The first-order valence-corrected chi connectivity index (χ1v) is 8.72. The molecule has 0 aromatic rings. The third-order valence-electron chi connectivity index (χ3n) is 4.45. The molecule has 2 saturated carbocycles. The van der Waals surface area contributed by atoms with Crippen LogP contribution in [-0.2, 0) is 34.6 Å². The van der Waals surface area contributed by atoms with Gasteiger partial charge in [0.25, 0.3) is 20.2 Å². The van der Waals surface area contributed by atoms with Gasteiger partial charge in [-0.25, -0.2) is 0 Å². The van der Waals surface area contributed by atoms with E-state index >= 15 is 0 Å². The molecule has 1 heterocycles. The van der Waals surface area contributed by atoms with Crippen molar-refractivity contribution in [3.63, 3.8) is 0 Å². The third kappa shape index (κ3) is 1.66. The Morgan fingerprint density at radius 3 is 1.50 bits per heavy atom. The van der Waals surface area contributed by atoms with Crippen molar-refractivity contribution < 1.29 is 40.3 Å². The number of fused-ring (bicyclic) bond motifs is 5. The Morgan fingerprint density at radius 1 is 0.850 bits per heavy atom. The maximum atomic E-state index is 11.6. The molecule has 3 fully saturated rings. The second-order valence-corrected chi connectivity index (χ2v) is 8.46. The molecule has 6 unspecified atom stereocenters. The molecule has 0 amide bonds. The Labute approximate surface area is 113 Å². The van der Waals surface area contributed by atoms with Crippen LogP contribution in [0.5, 0.6) is 0 Å². The quantitative estimate of drug-likeness (QED) is 0.349.